The van der Waals surface area contributed by atoms with Crippen LogP contribution in [0.1, 0.15) is 18.1 Å². The Hall–Kier alpha value is -2.49. The highest BCUT2D eigenvalue weighted by Gasteiger charge is 2.50. The fraction of sp³-hybridized carbons (Fsp3) is 0.333. The fourth-order valence-corrected chi connectivity index (χ4v) is 4.51. The van der Waals surface area contributed by atoms with Crippen molar-refractivity contribution in [2.75, 3.05) is 24.2 Å². The third kappa shape index (κ3) is 4.89. The number of hydrogen-bond acceptors (Lipinski definition) is 4. The molecule has 7 nitrogen and oxygen atoms in total. The topological polar surface area (TPSA) is 86.8 Å². The van der Waals surface area contributed by atoms with E-state index < -0.39 is 33.2 Å². The summed E-state index contributed by atoms with van der Waals surface area (Å²) in [7, 11) is -3.72. The van der Waals surface area contributed by atoms with Crippen LogP contribution in [0.5, 0.6) is 0 Å². The summed E-state index contributed by atoms with van der Waals surface area (Å²) < 4.78 is 38.4. The molecule has 3 rings (SSSR count). The molecule has 31 heavy (non-hydrogen) atoms. The number of piperazine rings is 1. The summed E-state index contributed by atoms with van der Waals surface area (Å²) in [6.45, 7) is 2.80. The van der Waals surface area contributed by atoms with Crippen LogP contribution < -0.4 is 10.2 Å². The second-order valence-corrected chi connectivity index (χ2v) is 10.2. The maximum absolute atomic E-state index is 13.3. The van der Waals surface area contributed by atoms with Crippen LogP contribution in [0.2, 0.25) is 5.02 Å². The number of carbonyl (C=O) groups excluding carboxylic acids is 2. The Morgan fingerprint density at radius 2 is 1.87 bits per heavy atom. The lowest BCUT2D eigenvalue weighted by molar-refractivity contribution is -0.133. The van der Waals surface area contributed by atoms with Crippen molar-refractivity contribution in [3.63, 3.8) is 0 Å². The first-order chi connectivity index (χ1) is 14.4. The van der Waals surface area contributed by atoms with Gasteiger partial charge in [0.2, 0.25) is 21.8 Å². The van der Waals surface area contributed by atoms with E-state index in [0.29, 0.717) is 16.3 Å². The molecule has 1 aliphatic rings. The van der Waals surface area contributed by atoms with Crippen molar-refractivity contribution >= 4 is 39.1 Å². The minimum Gasteiger partial charge on any atom is -0.350 e. The maximum atomic E-state index is 13.3. The Labute approximate surface area is 185 Å². The summed E-state index contributed by atoms with van der Waals surface area (Å²) in [5.41, 5.74) is 0.325. The first-order valence-electron chi connectivity index (χ1n) is 9.49. The molecule has 2 aromatic rings. The average Bonchev–Trinajstić information content (AvgIpc) is 2.68. The van der Waals surface area contributed by atoms with Gasteiger partial charge < -0.3 is 5.32 Å². The number of benzene rings is 2. The van der Waals surface area contributed by atoms with Gasteiger partial charge in [0, 0.05) is 23.8 Å². The summed E-state index contributed by atoms with van der Waals surface area (Å²) in [6.07, 6.45) is 0.996. The molecule has 0 bridgehead atoms. The van der Waals surface area contributed by atoms with E-state index in [-0.39, 0.29) is 19.6 Å². The van der Waals surface area contributed by atoms with Gasteiger partial charge in [0.15, 0.2) is 0 Å². The van der Waals surface area contributed by atoms with Gasteiger partial charge in [-0.15, -0.1) is 0 Å². The molecule has 0 spiro atoms. The van der Waals surface area contributed by atoms with E-state index in [1.165, 1.54) is 36.1 Å². The number of halogens is 2. The van der Waals surface area contributed by atoms with E-state index in [1.54, 1.807) is 18.2 Å². The quantitative estimate of drug-likeness (QED) is 0.731. The normalized spacial score (nSPS) is 20.0. The summed E-state index contributed by atoms with van der Waals surface area (Å²) >= 11 is 6.23. The molecule has 2 amide bonds. The third-order valence-corrected chi connectivity index (χ3v) is 6.88. The minimum absolute atomic E-state index is 0.0876. The Kier molecular flexibility index (Phi) is 6.40. The predicted molar refractivity (Wildman–Crippen MR) is 117 cm³/mol. The van der Waals surface area contributed by atoms with Crippen molar-refractivity contribution in [3.05, 3.63) is 64.4 Å². The van der Waals surface area contributed by atoms with Crippen LogP contribution in [0, 0.1) is 12.7 Å². The number of anilines is 1. The minimum atomic E-state index is -3.72. The molecule has 1 heterocycles. The second kappa shape index (κ2) is 8.57. The van der Waals surface area contributed by atoms with Gasteiger partial charge in [-0.2, -0.15) is 4.31 Å². The van der Waals surface area contributed by atoms with Gasteiger partial charge in [-0.25, -0.2) is 12.8 Å². The van der Waals surface area contributed by atoms with E-state index in [9.17, 15) is 22.4 Å². The number of nitrogens with one attached hydrogen (secondary N) is 1. The molecule has 0 saturated carbocycles. The summed E-state index contributed by atoms with van der Waals surface area (Å²) in [6, 6.07) is 10.6. The van der Waals surface area contributed by atoms with Crippen LogP contribution in [0.25, 0.3) is 0 Å². The van der Waals surface area contributed by atoms with Crippen molar-refractivity contribution in [3.8, 4) is 0 Å². The number of aryl methyl sites for hydroxylation is 1. The molecule has 1 fully saturated rings. The standard InChI is InChI=1S/C21H23ClFN3O4S/c1-14-4-9-17(10-18(14)22)26-19(27)12-25(31(3,29)30)13-21(26,2)20(28)24-11-15-5-7-16(23)8-6-15/h4-10H,11-13H2,1-3H3,(H,24,28)/t21-/m0/s1. The highest BCUT2D eigenvalue weighted by atomic mass is 35.5. The Bertz CT molecular complexity index is 1120. The molecular formula is C21H23ClFN3O4S. The van der Waals surface area contributed by atoms with Gasteiger partial charge in [0.1, 0.15) is 11.4 Å². The largest absolute Gasteiger partial charge is 0.350 e. The number of amides is 2. The molecule has 1 atom stereocenters. The molecule has 10 heteroatoms. The van der Waals surface area contributed by atoms with Crippen LogP contribution in [0.15, 0.2) is 42.5 Å². The number of hydrogen-bond donors (Lipinski definition) is 1. The summed E-state index contributed by atoms with van der Waals surface area (Å²) in [5, 5.41) is 3.16. The highest BCUT2D eigenvalue weighted by Crippen LogP contribution is 2.33. The Balaban J connectivity index is 1.97. The highest BCUT2D eigenvalue weighted by molar-refractivity contribution is 7.88. The number of rotatable bonds is 5. The summed E-state index contributed by atoms with van der Waals surface area (Å²) in [5.74, 6) is -1.49. The van der Waals surface area contributed by atoms with Crippen LogP contribution in [0.4, 0.5) is 10.1 Å². The Morgan fingerprint density at radius 1 is 1.23 bits per heavy atom. The monoisotopic (exact) mass is 467 g/mol. The van der Waals surface area contributed by atoms with Gasteiger partial charge in [-0.3, -0.25) is 14.5 Å². The van der Waals surface area contributed by atoms with E-state index >= 15 is 0 Å². The zero-order chi connectivity index (χ0) is 23.0. The van der Waals surface area contributed by atoms with Crippen LogP contribution in [-0.4, -0.2) is 49.4 Å². The van der Waals surface area contributed by atoms with Crippen molar-refractivity contribution < 1.29 is 22.4 Å². The maximum Gasteiger partial charge on any atom is 0.247 e. The first kappa shape index (κ1) is 23.2. The molecule has 1 N–H and O–H groups in total. The lowest BCUT2D eigenvalue weighted by atomic mass is 9.94. The predicted octanol–water partition coefficient (Wildman–Crippen LogP) is 2.47. The Morgan fingerprint density at radius 3 is 2.45 bits per heavy atom. The van der Waals surface area contributed by atoms with E-state index in [2.05, 4.69) is 5.32 Å². The van der Waals surface area contributed by atoms with Crippen molar-refractivity contribution in [2.45, 2.75) is 25.9 Å². The van der Waals surface area contributed by atoms with E-state index in [0.717, 1.165) is 16.1 Å². The molecule has 0 aliphatic carbocycles. The van der Waals surface area contributed by atoms with Crippen molar-refractivity contribution in [2.24, 2.45) is 0 Å². The molecule has 0 aromatic heterocycles. The van der Waals surface area contributed by atoms with Gasteiger partial charge in [-0.1, -0.05) is 29.8 Å². The van der Waals surface area contributed by atoms with Crippen LogP contribution in [0.3, 0.4) is 0 Å². The fourth-order valence-electron chi connectivity index (χ4n) is 3.50. The van der Waals surface area contributed by atoms with Gasteiger partial charge in [0.25, 0.3) is 0 Å². The van der Waals surface area contributed by atoms with Crippen molar-refractivity contribution in [1.29, 1.82) is 0 Å². The number of nitrogens with zero attached hydrogens (tertiary/aromatic N) is 2. The van der Waals surface area contributed by atoms with E-state index in [4.69, 9.17) is 11.6 Å². The number of carbonyl (C=O) groups is 2. The van der Waals surface area contributed by atoms with Gasteiger partial charge >= 0.3 is 0 Å². The van der Waals surface area contributed by atoms with Crippen LogP contribution >= 0.6 is 11.6 Å². The lowest BCUT2D eigenvalue weighted by Gasteiger charge is -2.46. The van der Waals surface area contributed by atoms with Crippen molar-refractivity contribution in [1.82, 2.24) is 9.62 Å². The number of sulfonamides is 1. The third-order valence-electron chi connectivity index (χ3n) is 5.28. The lowest BCUT2D eigenvalue weighted by Crippen LogP contribution is -2.70. The average molecular weight is 468 g/mol. The zero-order valence-corrected chi connectivity index (χ0v) is 18.9. The molecule has 166 valence electrons. The molecule has 0 radical (unpaired) electrons. The molecule has 1 saturated heterocycles. The molecule has 0 unspecified atom stereocenters. The first-order valence-corrected chi connectivity index (χ1v) is 11.7. The van der Waals surface area contributed by atoms with Gasteiger partial charge in [0.05, 0.1) is 12.8 Å². The molecule has 2 aromatic carbocycles. The van der Waals surface area contributed by atoms with Gasteiger partial charge in [-0.05, 0) is 49.2 Å². The second-order valence-electron chi connectivity index (χ2n) is 7.78. The summed E-state index contributed by atoms with van der Waals surface area (Å²) in [4.78, 5) is 27.6. The zero-order valence-electron chi connectivity index (χ0n) is 17.4. The molecule has 1 aliphatic heterocycles. The smallest absolute Gasteiger partial charge is 0.247 e. The molecular weight excluding hydrogens is 445 g/mol. The SMILES string of the molecule is Cc1ccc(N2C(=O)CN(S(C)(=O)=O)C[C@@]2(C)C(=O)NCc2ccc(F)cc2)cc1Cl. The van der Waals surface area contributed by atoms with Crippen LogP contribution in [-0.2, 0) is 26.2 Å². The van der Waals surface area contributed by atoms with E-state index in [1.807, 2.05) is 6.92 Å².